The SMILES string of the molecule is CCCC1(C(=O)N2CCC(C(F)(F)F)CC2)CCNCC1. The zero-order chi connectivity index (χ0) is 15.5. The Morgan fingerprint density at radius 2 is 1.81 bits per heavy atom. The molecule has 0 aromatic heterocycles. The third-order valence-electron chi connectivity index (χ3n) is 4.99. The normalized spacial score (nSPS) is 24.1. The minimum Gasteiger partial charge on any atom is -0.342 e. The number of hydrogen-bond donors (Lipinski definition) is 1. The van der Waals surface area contributed by atoms with E-state index in [0.29, 0.717) is 0 Å². The van der Waals surface area contributed by atoms with E-state index in [1.807, 2.05) is 0 Å². The zero-order valence-corrected chi connectivity index (χ0v) is 12.6. The van der Waals surface area contributed by atoms with E-state index < -0.39 is 12.1 Å². The number of nitrogens with one attached hydrogen (secondary N) is 1. The molecule has 0 atom stereocenters. The molecule has 2 fully saturated rings. The first kappa shape index (κ1) is 16.6. The number of alkyl halides is 3. The minimum atomic E-state index is -4.12. The standard InChI is InChI=1S/C15H25F3N2O/c1-2-5-14(6-8-19-9-7-14)13(21)20-10-3-12(4-11-20)15(16,17)18/h12,19H,2-11H2,1H3. The average molecular weight is 306 g/mol. The van der Waals surface area contributed by atoms with Crippen LogP contribution in [0, 0.1) is 11.3 Å². The number of nitrogens with zero attached hydrogens (tertiary/aromatic N) is 1. The van der Waals surface area contributed by atoms with Crippen LogP contribution in [-0.2, 0) is 4.79 Å². The van der Waals surface area contributed by atoms with Crippen molar-refractivity contribution in [3.05, 3.63) is 0 Å². The van der Waals surface area contributed by atoms with Crippen molar-refractivity contribution in [1.82, 2.24) is 10.2 Å². The molecular weight excluding hydrogens is 281 g/mol. The van der Waals surface area contributed by atoms with Crippen LogP contribution in [0.1, 0.15) is 45.4 Å². The van der Waals surface area contributed by atoms with Crippen LogP contribution in [0.15, 0.2) is 0 Å². The average Bonchev–Trinajstić information content (AvgIpc) is 2.47. The van der Waals surface area contributed by atoms with Crippen LogP contribution in [-0.4, -0.2) is 43.2 Å². The van der Waals surface area contributed by atoms with Gasteiger partial charge < -0.3 is 10.2 Å². The molecule has 0 saturated carbocycles. The van der Waals surface area contributed by atoms with Crippen molar-refractivity contribution in [2.24, 2.45) is 11.3 Å². The van der Waals surface area contributed by atoms with Crippen molar-refractivity contribution in [2.45, 2.75) is 51.6 Å². The predicted molar refractivity (Wildman–Crippen MR) is 74.8 cm³/mol. The number of likely N-dealkylation sites (tertiary alicyclic amines) is 1. The van der Waals surface area contributed by atoms with Crippen LogP contribution in [0.25, 0.3) is 0 Å². The first-order valence-electron chi connectivity index (χ1n) is 7.96. The smallest absolute Gasteiger partial charge is 0.342 e. The van der Waals surface area contributed by atoms with Crippen LogP contribution in [0.4, 0.5) is 13.2 Å². The van der Waals surface area contributed by atoms with Crippen LogP contribution in [0.3, 0.4) is 0 Å². The molecule has 0 radical (unpaired) electrons. The highest BCUT2D eigenvalue weighted by molar-refractivity contribution is 5.83. The molecule has 6 heteroatoms. The van der Waals surface area contributed by atoms with Gasteiger partial charge in [0.05, 0.1) is 11.3 Å². The molecular formula is C15H25F3N2O. The lowest BCUT2D eigenvalue weighted by atomic mass is 9.73. The highest BCUT2D eigenvalue weighted by Crippen LogP contribution is 2.39. The summed E-state index contributed by atoms with van der Waals surface area (Å²) < 4.78 is 38.1. The molecule has 0 spiro atoms. The van der Waals surface area contributed by atoms with Gasteiger partial charge in [0.25, 0.3) is 0 Å². The van der Waals surface area contributed by atoms with Crippen LogP contribution >= 0.6 is 0 Å². The Bertz CT molecular complexity index is 351. The molecule has 21 heavy (non-hydrogen) atoms. The lowest BCUT2D eigenvalue weighted by Gasteiger charge is -2.42. The lowest BCUT2D eigenvalue weighted by molar-refractivity contribution is -0.188. The quantitative estimate of drug-likeness (QED) is 0.869. The number of hydrogen-bond acceptors (Lipinski definition) is 2. The number of carbonyl (C=O) groups excluding carboxylic acids is 1. The van der Waals surface area contributed by atoms with Gasteiger partial charge in [-0.3, -0.25) is 4.79 Å². The van der Waals surface area contributed by atoms with Crippen molar-refractivity contribution in [1.29, 1.82) is 0 Å². The molecule has 2 aliphatic heterocycles. The molecule has 0 bridgehead atoms. The fourth-order valence-electron chi connectivity index (χ4n) is 3.70. The Hall–Kier alpha value is -0.780. The summed E-state index contributed by atoms with van der Waals surface area (Å²) >= 11 is 0. The van der Waals surface area contributed by atoms with Gasteiger partial charge in [0, 0.05) is 13.1 Å². The van der Waals surface area contributed by atoms with E-state index in [-0.39, 0.29) is 37.3 Å². The largest absolute Gasteiger partial charge is 0.391 e. The Kier molecular flexibility index (Phi) is 5.17. The second kappa shape index (κ2) is 6.55. The molecule has 3 nitrogen and oxygen atoms in total. The first-order chi connectivity index (χ1) is 9.89. The maximum atomic E-state index is 12.8. The summed E-state index contributed by atoms with van der Waals surface area (Å²) in [7, 11) is 0. The third-order valence-corrected chi connectivity index (χ3v) is 4.99. The van der Waals surface area contributed by atoms with E-state index in [4.69, 9.17) is 0 Å². The molecule has 2 saturated heterocycles. The summed E-state index contributed by atoms with van der Waals surface area (Å²) in [4.78, 5) is 14.5. The zero-order valence-electron chi connectivity index (χ0n) is 12.6. The molecule has 2 aliphatic rings. The van der Waals surface area contributed by atoms with Gasteiger partial charge in [-0.05, 0) is 45.2 Å². The number of carbonyl (C=O) groups is 1. The molecule has 0 aromatic carbocycles. The minimum absolute atomic E-state index is 0.0513. The maximum Gasteiger partial charge on any atom is 0.391 e. The highest BCUT2D eigenvalue weighted by atomic mass is 19.4. The fraction of sp³-hybridized carbons (Fsp3) is 0.933. The monoisotopic (exact) mass is 306 g/mol. The van der Waals surface area contributed by atoms with Gasteiger partial charge in [-0.25, -0.2) is 0 Å². The van der Waals surface area contributed by atoms with Gasteiger partial charge in [-0.15, -0.1) is 0 Å². The number of halogens is 3. The number of rotatable bonds is 3. The number of amides is 1. The lowest BCUT2D eigenvalue weighted by Crippen LogP contribution is -2.52. The second-order valence-corrected chi connectivity index (χ2v) is 6.39. The molecule has 0 aromatic rings. The Morgan fingerprint density at radius 1 is 1.24 bits per heavy atom. The Labute approximate surface area is 124 Å². The summed E-state index contributed by atoms with van der Waals surface area (Å²) in [6, 6.07) is 0. The van der Waals surface area contributed by atoms with Gasteiger partial charge in [0.2, 0.25) is 5.91 Å². The van der Waals surface area contributed by atoms with Crippen LogP contribution in [0.2, 0.25) is 0 Å². The summed E-state index contributed by atoms with van der Waals surface area (Å²) in [5, 5.41) is 3.26. The summed E-state index contributed by atoms with van der Waals surface area (Å²) in [6.45, 7) is 4.21. The van der Waals surface area contributed by atoms with E-state index in [9.17, 15) is 18.0 Å². The van der Waals surface area contributed by atoms with E-state index in [0.717, 1.165) is 38.8 Å². The molecule has 0 unspecified atom stereocenters. The maximum absolute atomic E-state index is 12.8. The van der Waals surface area contributed by atoms with Crippen LogP contribution in [0.5, 0.6) is 0 Å². The summed E-state index contributed by atoms with van der Waals surface area (Å²) in [5.74, 6) is -1.15. The molecule has 2 heterocycles. The predicted octanol–water partition coefficient (Wildman–Crippen LogP) is 2.96. The molecule has 2 rings (SSSR count). The molecule has 1 amide bonds. The van der Waals surface area contributed by atoms with Crippen LogP contribution < -0.4 is 5.32 Å². The van der Waals surface area contributed by atoms with E-state index in [1.165, 1.54) is 0 Å². The third kappa shape index (κ3) is 3.71. The molecule has 122 valence electrons. The second-order valence-electron chi connectivity index (χ2n) is 6.39. The summed E-state index contributed by atoms with van der Waals surface area (Å²) in [6.07, 6.45) is -0.633. The summed E-state index contributed by atoms with van der Waals surface area (Å²) in [5.41, 5.74) is -0.342. The topological polar surface area (TPSA) is 32.3 Å². The van der Waals surface area contributed by atoms with Gasteiger partial charge in [0.1, 0.15) is 0 Å². The molecule has 1 N–H and O–H groups in total. The van der Waals surface area contributed by atoms with Gasteiger partial charge in [-0.1, -0.05) is 13.3 Å². The highest BCUT2D eigenvalue weighted by Gasteiger charge is 2.45. The van der Waals surface area contributed by atoms with E-state index in [1.54, 1.807) is 4.90 Å². The van der Waals surface area contributed by atoms with Crippen molar-refractivity contribution in [3.63, 3.8) is 0 Å². The fourth-order valence-corrected chi connectivity index (χ4v) is 3.70. The first-order valence-corrected chi connectivity index (χ1v) is 7.96. The molecule has 0 aliphatic carbocycles. The van der Waals surface area contributed by atoms with E-state index in [2.05, 4.69) is 12.2 Å². The van der Waals surface area contributed by atoms with Gasteiger partial charge >= 0.3 is 6.18 Å². The number of piperidine rings is 2. The van der Waals surface area contributed by atoms with Gasteiger partial charge in [0.15, 0.2) is 0 Å². The Balaban J connectivity index is 1.99. The van der Waals surface area contributed by atoms with Crippen molar-refractivity contribution >= 4 is 5.91 Å². The van der Waals surface area contributed by atoms with Crippen molar-refractivity contribution < 1.29 is 18.0 Å². The van der Waals surface area contributed by atoms with E-state index >= 15 is 0 Å². The van der Waals surface area contributed by atoms with Gasteiger partial charge in [-0.2, -0.15) is 13.2 Å². The Morgan fingerprint density at radius 3 is 2.29 bits per heavy atom. The van der Waals surface area contributed by atoms with Crippen molar-refractivity contribution in [3.8, 4) is 0 Å². The van der Waals surface area contributed by atoms with Crippen molar-refractivity contribution in [2.75, 3.05) is 26.2 Å².